The van der Waals surface area contributed by atoms with Gasteiger partial charge in [-0.25, -0.2) is 0 Å². The molecule has 102 valence electrons. The molecule has 4 nitrogen and oxygen atoms in total. The van der Waals surface area contributed by atoms with Crippen molar-refractivity contribution in [1.29, 1.82) is 0 Å². The lowest BCUT2D eigenvalue weighted by molar-refractivity contribution is -0.119. The van der Waals surface area contributed by atoms with Gasteiger partial charge in [0.1, 0.15) is 12.2 Å². The van der Waals surface area contributed by atoms with E-state index in [1.807, 2.05) is 24.3 Å². The summed E-state index contributed by atoms with van der Waals surface area (Å²) in [6.45, 7) is 0. The standard InChI is InChI=1S/C16H14O4/c17-13-5-7-19-15(9-13)11-1-2-12(4-3-11)16-10-14(18)6-8-20-16/h1-8,15-16H,9-10H2/t15-,16-/m1/s1. The molecule has 2 heterocycles. The van der Waals surface area contributed by atoms with Gasteiger partial charge < -0.3 is 9.47 Å². The molecule has 1 aromatic carbocycles. The number of benzene rings is 1. The maximum Gasteiger partial charge on any atom is 0.162 e. The third-order valence-corrected chi connectivity index (χ3v) is 3.45. The van der Waals surface area contributed by atoms with Gasteiger partial charge in [-0.2, -0.15) is 0 Å². The molecule has 0 spiro atoms. The number of allylic oxidation sites excluding steroid dienone is 2. The summed E-state index contributed by atoms with van der Waals surface area (Å²) in [4.78, 5) is 22.7. The highest BCUT2D eigenvalue weighted by molar-refractivity contribution is 5.91. The predicted molar refractivity (Wildman–Crippen MR) is 71.6 cm³/mol. The first-order chi connectivity index (χ1) is 9.72. The summed E-state index contributed by atoms with van der Waals surface area (Å²) in [5.41, 5.74) is 1.90. The Balaban J connectivity index is 1.74. The minimum absolute atomic E-state index is 0.0664. The Morgan fingerprint density at radius 1 is 0.750 bits per heavy atom. The first-order valence-corrected chi connectivity index (χ1v) is 6.52. The molecule has 0 N–H and O–H groups in total. The van der Waals surface area contributed by atoms with E-state index in [4.69, 9.17) is 9.47 Å². The predicted octanol–water partition coefficient (Wildman–Crippen LogP) is 2.78. The average molecular weight is 270 g/mol. The molecule has 0 fully saturated rings. The fourth-order valence-corrected chi connectivity index (χ4v) is 2.34. The van der Waals surface area contributed by atoms with Crippen molar-refractivity contribution >= 4 is 11.6 Å². The van der Waals surface area contributed by atoms with Crippen LogP contribution in [0, 0.1) is 0 Å². The molecule has 4 heteroatoms. The van der Waals surface area contributed by atoms with Crippen molar-refractivity contribution in [3.8, 4) is 0 Å². The molecule has 0 amide bonds. The Kier molecular flexibility index (Phi) is 3.37. The molecule has 1 aromatic rings. The number of ketones is 2. The van der Waals surface area contributed by atoms with Gasteiger partial charge >= 0.3 is 0 Å². The van der Waals surface area contributed by atoms with E-state index in [0.29, 0.717) is 12.8 Å². The van der Waals surface area contributed by atoms with Gasteiger partial charge in [-0.15, -0.1) is 0 Å². The second-order valence-corrected chi connectivity index (χ2v) is 4.86. The van der Waals surface area contributed by atoms with Crippen LogP contribution in [0.5, 0.6) is 0 Å². The molecular formula is C16H14O4. The quantitative estimate of drug-likeness (QED) is 0.829. The topological polar surface area (TPSA) is 52.6 Å². The third-order valence-electron chi connectivity index (χ3n) is 3.45. The fourth-order valence-electron chi connectivity index (χ4n) is 2.34. The molecule has 0 bridgehead atoms. The van der Waals surface area contributed by atoms with Crippen molar-refractivity contribution in [3.63, 3.8) is 0 Å². The van der Waals surface area contributed by atoms with E-state index in [1.54, 1.807) is 0 Å². The van der Waals surface area contributed by atoms with Crippen LogP contribution >= 0.6 is 0 Å². The second kappa shape index (κ2) is 5.33. The Morgan fingerprint density at radius 3 is 1.50 bits per heavy atom. The van der Waals surface area contributed by atoms with Crippen molar-refractivity contribution in [2.75, 3.05) is 0 Å². The molecule has 2 aliphatic heterocycles. The maximum absolute atomic E-state index is 11.4. The number of hydrogen-bond acceptors (Lipinski definition) is 4. The SMILES string of the molecule is O=C1C=CO[C@@H](c2ccc([C@H]3CC(=O)C=CO3)cc2)C1. The van der Waals surface area contributed by atoms with Crippen molar-refractivity contribution in [3.05, 3.63) is 60.1 Å². The van der Waals surface area contributed by atoms with Gasteiger partial charge in [0.25, 0.3) is 0 Å². The first kappa shape index (κ1) is 12.7. The summed E-state index contributed by atoms with van der Waals surface area (Å²) >= 11 is 0. The van der Waals surface area contributed by atoms with E-state index in [1.165, 1.54) is 24.7 Å². The van der Waals surface area contributed by atoms with Crippen LogP contribution in [-0.2, 0) is 19.1 Å². The van der Waals surface area contributed by atoms with Crippen LogP contribution in [0.25, 0.3) is 0 Å². The smallest absolute Gasteiger partial charge is 0.162 e. The van der Waals surface area contributed by atoms with Crippen molar-refractivity contribution in [1.82, 2.24) is 0 Å². The van der Waals surface area contributed by atoms with Gasteiger partial charge in [0.2, 0.25) is 0 Å². The molecule has 2 aliphatic rings. The molecule has 0 saturated carbocycles. The lowest BCUT2D eigenvalue weighted by atomic mass is 9.97. The van der Waals surface area contributed by atoms with E-state index in [2.05, 4.69) is 0 Å². The van der Waals surface area contributed by atoms with Crippen LogP contribution in [0.3, 0.4) is 0 Å². The van der Waals surface area contributed by atoms with Crippen molar-refractivity contribution < 1.29 is 19.1 Å². The van der Waals surface area contributed by atoms with E-state index >= 15 is 0 Å². The van der Waals surface area contributed by atoms with Crippen LogP contribution in [0.1, 0.15) is 36.2 Å². The zero-order chi connectivity index (χ0) is 13.9. The van der Waals surface area contributed by atoms with Gasteiger partial charge in [-0.05, 0) is 11.1 Å². The van der Waals surface area contributed by atoms with Gasteiger partial charge in [0.05, 0.1) is 25.4 Å². The average Bonchev–Trinajstić information content (AvgIpc) is 2.47. The summed E-state index contributed by atoms with van der Waals surface area (Å²) < 4.78 is 10.9. The van der Waals surface area contributed by atoms with E-state index in [-0.39, 0.29) is 23.8 Å². The number of carbonyl (C=O) groups excluding carboxylic acids is 2. The van der Waals surface area contributed by atoms with Crippen LogP contribution in [-0.4, -0.2) is 11.6 Å². The van der Waals surface area contributed by atoms with Crippen LogP contribution in [0.15, 0.2) is 48.9 Å². The largest absolute Gasteiger partial charge is 0.493 e. The van der Waals surface area contributed by atoms with E-state index in [9.17, 15) is 9.59 Å². The zero-order valence-electron chi connectivity index (χ0n) is 10.8. The number of carbonyl (C=O) groups is 2. The molecule has 2 atom stereocenters. The normalized spacial score (nSPS) is 25.2. The molecule has 0 unspecified atom stereocenters. The van der Waals surface area contributed by atoms with E-state index < -0.39 is 0 Å². The third kappa shape index (κ3) is 2.64. The highest BCUT2D eigenvalue weighted by Crippen LogP contribution is 2.29. The van der Waals surface area contributed by atoms with Gasteiger partial charge in [0.15, 0.2) is 11.6 Å². The Bertz CT molecular complexity index is 530. The molecule has 0 aromatic heterocycles. The lowest BCUT2D eigenvalue weighted by Crippen LogP contribution is -2.13. The lowest BCUT2D eigenvalue weighted by Gasteiger charge is -2.21. The van der Waals surface area contributed by atoms with Gasteiger partial charge in [-0.3, -0.25) is 9.59 Å². The number of rotatable bonds is 2. The Labute approximate surface area is 116 Å². The summed E-state index contributed by atoms with van der Waals surface area (Å²) in [5, 5.41) is 0. The van der Waals surface area contributed by atoms with E-state index in [0.717, 1.165) is 11.1 Å². The monoisotopic (exact) mass is 270 g/mol. The summed E-state index contributed by atoms with van der Waals surface area (Å²) in [6.07, 6.45) is 6.03. The molecule has 0 saturated heterocycles. The summed E-state index contributed by atoms with van der Waals surface area (Å²) in [5.74, 6) is 0.133. The minimum atomic E-state index is -0.227. The summed E-state index contributed by atoms with van der Waals surface area (Å²) in [7, 11) is 0. The zero-order valence-corrected chi connectivity index (χ0v) is 10.8. The Morgan fingerprint density at radius 2 is 1.15 bits per heavy atom. The number of hydrogen-bond donors (Lipinski definition) is 0. The van der Waals surface area contributed by atoms with Crippen LogP contribution in [0.2, 0.25) is 0 Å². The van der Waals surface area contributed by atoms with Crippen LogP contribution in [0.4, 0.5) is 0 Å². The van der Waals surface area contributed by atoms with Gasteiger partial charge in [-0.1, -0.05) is 24.3 Å². The maximum atomic E-state index is 11.4. The van der Waals surface area contributed by atoms with Crippen LogP contribution < -0.4 is 0 Å². The first-order valence-electron chi connectivity index (χ1n) is 6.52. The second-order valence-electron chi connectivity index (χ2n) is 4.86. The molecule has 20 heavy (non-hydrogen) atoms. The molecule has 3 rings (SSSR count). The summed E-state index contributed by atoms with van der Waals surface area (Å²) in [6, 6.07) is 7.66. The van der Waals surface area contributed by atoms with Crippen molar-refractivity contribution in [2.24, 2.45) is 0 Å². The minimum Gasteiger partial charge on any atom is -0.493 e. The highest BCUT2D eigenvalue weighted by Gasteiger charge is 2.21. The van der Waals surface area contributed by atoms with Gasteiger partial charge in [0, 0.05) is 12.2 Å². The molecule has 0 radical (unpaired) electrons. The molecule has 0 aliphatic carbocycles. The molecular weight excluding hydrogens is 256 g/mol. The number of ether oxygens (including phenoxy) is 2. The van der Waals surface area contributed by atoms with Crippen molar-refractivity contribution in [2.45, 2.75) is 25.0 Å². The fraction of sp³-hybridized carbons (Fsp3) is 0.250. The highest BCUT2D eigenvalue weighted by atomic mass is 16.5. The Hall–Kier alpha value is -2.36.